The number of carboxylic acid groups (broad SMARTS) is 1. The number of carboxylic acids is 1. The zero-order chi connectivity index (χ0) is 13.9. The summed E-state index contributed by atoms with van der Waals surface area (Å²) >= 11 is 0. The second-order valence-corrected chi connectivity index (χ2v) is 5.43. The summed E-state index contributed by atoms with van der Waals surface area (Å²) in [6.07, 6.45) is 0. The van der Waals surface area contributed by atoms with Gasteiger partial charge in [-0.25, -0.2) is 4.79 Å². The quantitative estimate of drug-likeness (QED) is 0.865. The second-order valence-electron chi connectivity index (χ2n) is 5.43. The maximum atomic E-state index is 11.3. The first kappa shape index (κ1) is 14.2. The average molecular weight is 249 g/mol. The minimum atomic E-state index is -0.965. The number of benzene rings is 1. The van der Waals surface area contributed by atoms with Crippen LogP contribution in [0.3, 0.4) is 0 Å². The Morgan fingerprint density at radius 3 is 2.33 bits per heavy atom. The zero-order valence-corrected chi connectivity index (χ0v) is 11.2. The molecule has 0 bridgehead atoms. The molecule has 0 fully saturated rings. The van der Waals surface area contributed by atoms with Crippen molar-refractivity contribution in [2.45, 2.75) is 33.7 Å². The van der Waals surface area contributed by atoms with E-state index in [0.29, 0.717) is 0 Å². The van der Waals surface area contributed by atoms with E-state index in [2.05, 4.69) is 5.32 Å². The third kappa shape index (κ3) is 3.58. The molecular formula is C14H19NO3. The first-order valence-electron chi connectivity index (χ1n) is 5.82. The Hall–Kier alpha value is -1.84. The molecule has 1 aromatic rings. The van der Waals surface area contributed by atoms with Gasteiger partial charge in [0.25, 0.3) is 0 Å². The van der Waals surface area contributed by atoms with E-state index in [-0.39, 0.29) is 22.9 Å². The molecule has 18 heavy (non-hydrogen) atoms. The lowest BCUT2D eigenvalue weighted by atomic mass is 9.82. The van der Waals surface area contributed by atoms with Crippen molar-refractivity contribution >= 4 is 11.9 Å². The summed E-state index contributed by atoms with van der Waals surface area (Å²) in [5, 5.41) is 11.9. The Morgan fingerprint density at radius 1 is 1.28 bits per heavy atom. The fourth-order valence-corrected chi connectivity index (χ4v) is 1.85. The van der Waals surface area contributed by atoms with Crippen molar-refractivity contribution in [1.82, 2.24) is 5.32 Å². The normalized spacial score (nSPS) is 12.9. The molecule has 0 aliphatic heterocycles. The number of aromatic carboxylic acids is 1. The zero-order valence-electron chi connectivity index (χ0n) is 11.2. The van der Waals surface area contributed by atoms with E-state index < -0.39 is 5.97 Å². The minimum absolute atomic E-state index is 0.129. The molecule has 2 N–H and O–H groups in total. The maximum absolute atomic E-state index is 11.3. The smallest absolute Gasteiger partial charge is 0.335 e. The van der Waals surface area contributed by atoms with Crippen LogP contribution in [0.25, 0.3) is 0 Å². The Labute approximate surface area is 107 Å². The summed E-state index contributed by atoms with van der Waals surface area (Å²) in [4.78, 5) is 22.2. The molecule has 1 rings (SSSR count). The van der Waals surface area contributed by atoms with Gasteiger partial charge in [0.2, 0.25) is 5.91 Å². The molecule has 0 spiro atoms. The van der Waals surface area contributed by atoms with Crippen LogP contribution >= 0.6 is 0 Å². The summed E-state index contributed by atoms with van der Waals surface area (Å²) in [6.45, 7) is 7.46. The van der Waals surface area contributed by atoms with Crippen molar-refractivity contribution in [3.8, 4) is 0 Å². The highest BCUT2D eigenvalue weighted by Gasteiger charge is 2.27. The van der Waals surface area contributed by atoms with Crippen molar-refractivity contribution < 1.29 is 14.7 Å². The standard InChI is InChI=1S/C14H19NO3/c1-9(16)15-12(14(2,3)4)10-6-5-7-11(8-10)13(17)18/h5-8,12H,1-4H3,(H,15,16)(H,17,18). The van der Waals surface area contributed by atoms with Crippen LogP contribution in [0, 0.1) is 5.41 Å². The number of amides is 1. The van der Waals surface area contributed by atoms with Gasteiger partial charge >= 0.3 is 5.97 Å². The summed E-state index contributed by atoms with van der Waals surface area (Å²) in [7, 11) is 0. The highest BCUT2D eigenvalue weighted by Crippen LogP contribution is 2.33. The van der Waals surface area contributed by atoms with Gasteiger partial charge in [0.15, 0.2) is 0 Å². The molecule has 4 nitrogen and oxygen atoms in total. The Morgan fingerprint density at radius 2 is 1.89 bits per heavy atom. The number of hydrogen-bond donors (Lipinski definition) is 2. The Bertz CT molecular complexity index is 460. The fraction of sp³-hybridized carbons (Fsp3) is 0.429. The van der Waals surface area contributed by atoms with Crippen LogP contribution in [0.5, 0.6) is 0 Å². The number of hydrogen-bond acceptors (Lipinski definition) is 2. The topological polar surface area (TPSA) is 66.4 Å². The van der Waals surface area contributed by atoms with Crippen molar-refractivity contribution in [2.24, 2.45) is 5.41 Å². The predicted octanol–water partition coefficient (Wildman–Crippen LogP) is 2.61. The fourth-order valence-electron chi connectivity index (χ4n) is 1.85. The number of rotatable bonds is 3. The van der Waals surface area contributed by atoms with Crippen molar-refractivity contribution in [2.75, 3.05) is 0 Å². The largest absolute Gasteiger partial charge is 0.478 e. The van der Waals surface area contributed by atoms with Crippen molar-refractivity contribution in [3.63, 3.8) is 0 Å². The molecule has 0 aliphatic carbocycles. The molecule has 1 unspecified atom stereocenters. The monoisotopic (exact) mass is 249 g/mol. The van der Waals surface area contributed by atoms with E-state index >= 15 is 0 Å². The van der Waals surface area contributed by atoms with Crippen LogP contribution in [0.4, 0.5) is 0 Å². The highest BCUT2D eigenvalue weighted by molar-refractivity contribution is 5.87. The molecule has 0 aliphatic rings. The summed E-state index contributed by atoms with van der Waals surface area (Å²) in [5.74, 6) is -1.09. The lowest BCUT2D eigenvalue weighted by Gasteiger charge is -2.31. The number of nitrogens with one attached hydrogen (secondary N) is 1. The van der Waals surface area contributed by atoms with E-state index in [4.69, 9.17) is 5.11 Å². The van der Waals surface area contributed by atoms with Crippen LogP contribution in [0.2, 0.25) is 0 Å². The van der Waals surface area contributed by atoms with Crippen molar-refractivity contribution in [1.29, 1.82) is 0 Å². The van der Waals surface area contributed by atoms with Gasteiger partial charge in [-0.15, -0.1) is 0 Å². The third-order valence-corrected chi connectivity index (χ3v) is 2.68. The first-order valence-corrected chi connectivity index (χ1v) is 5.82. The van der Waals surface area contributed by atoms with E-state index in [1.165, 1.54) is 6.92 Å². The van der Waals surface area contributed by atoms with E-state index in [0.717, 1.165) is 5.56 Å². The molecule has 98 valence electrons. The van der Waals surface area contributed by atoms with Gasteiger partial charge in [-0.1, -0.05) is 32.9 Å². The summed E-state index contributed by atoms with van der Waals surface area (Å²) in [5.41, 5.74) is 0.840. The first-order chi connectivity index (χ1) is 8.21. The minimum Gasteiger partial charge on any atom is -0.478 e. The van der Waals surface area contributed by atoms with Gasteiger partial charge in [-0.3, -0.25) is 4.79 Å². The summed E-state index contributed by atoms with van der Waals surface area (Å²) < 4.78 is 0. The van der Waals surface area contributed by atoms with Crippen LogP contribution in [-0.2, 0) is 4.79 Å². The molecule has 0 saturated heterocycles. The van der Waals surface area contributed by atoms with E-state index in [1.54, 1.807) is 18.2 Å². The second kappa shape index (κ2) is 5.21. The SMILES string of the molecule is CC(=O)NC(c1cccc(C(=O)O)c1)C(C)(C)C. The molecule has 1 amide bonds. The average Bonchev–Trinajstić information content (AvgIpc) is 2.24. The van der Waals surface area contributed by atoms with Crippen LogP contribution < -0.4 is 5.32 Å². The summed E-state index contributed by atoms with van der Waals surface area (Å²) in [6, 6.07) is 6.46. The third-order valence-electron chi connectivity index (χ3n) is 2.68. The molecule has 1 atom stereocenters. The van der Waals surface area contributed by atoms with Gasteiger partial charge in [-0.05, 0) is 23.1 Å². The maximum Gasteiger partial charge on any atom is 0.335 e. The molecule has 0 saturated carbocycles. The van der Waals surface area contributed by atoms with Gasteiger partial charge in [0, 0.05) is 6.92 Å². The molecule has 1 aromatic carbocycles. The molecule has 0 radical (unpaired) electrons. The molecule has 4 heteroatoms. The van der Waals surface area contributed by atoms with Crippen molar-refractivity contribution in [3.05, 3.63) is 35.4 Å². The predicted molar refractivity (Wildman–Crippen MR) is 69.4 cm³/mol. The lowest BCUT2D eigenvalue weighted by molar-refractivity contribution is -0.120. The van der Waals surface area contributed by atoms with Gasteiger partial charge in [-0.2, -0.15) is 0 Å². The van der Waals surface area contributed by atoms with Crippen LogP contribution in [-0.4, -0.2) is 17.0 Å². The molecular weight excluding hydrogens is 230 g/mol. The van der Waals surface area contributed by atoms with Gasteiger partial charge < -0.3 is 10.4 Å². The lowest BCUT2D eigenvalue weighted by Crippen LogP contribution is -2.35. The van der Waals surface area contributed by atoms with Gasteiger partial charge in [0.1, 0.15) is 0 Å². The Balaban J connectivity index is 3.17. The van der Waals surface area contributed by atoms with Crippen LogP contribution in [0.1, 0.15) is 49.7 Å². The highest BCUT2D eigenvalue weighted by atomic mass is 16.4. The van der Waals surface area contributed by atoms with Gasteiger partial charge in [0.05, 0.1) is 11.6 Å². The van der Waals surface area contributed by atoms with E-state index in [9.17, 15) is 9.59 Å². The van der Waals surface area contributed by atoms with E-state index in [1.807, 2.05) is 26.8 Å². The number of carbonyl (C=O) groups is 2. The molecule has 0 heterocycles. The Kier molecular flexibility index (Phi) is 4.11. The number of carbonyl (C=O) groups excluding carboxylic acids is 1. The molecule has 0 aromatic heterocycles. The van der Waals surface area contributed by atoms with Crippen LogP contribution in [0.15, 0.2) is 24.3 Å².